The summed E-state index contributed by atoms with van der Waals surface area (Å²) in [5.74, 6) is 1.49. The highest BCUT2D eigenvalue weighted by molar-refractivity contribution is 5.87. The van der Waals surface area contributed by atoms with Crippen LogP contribution >= 0.6 is 12.4 Å². The Bertz CT molecular complexity index is 868. The minimum absolute atomic E-state index is 0. The number of likely N-dealkylation sites (N-methyl/N-ethyl adjacent to an activating group) is 1. The molecule has 0 fully saturated rings. The first kappa shape index (κ1) is 19.0. The molecule has 0 spiro atoms. The average Bonchev–Trinajstić information content (AvgIpc) is 2.53. The lowest BCUT2D eigenvalue weighted by atomic mass is 10.1. The minimum atomic E-state index is 0. The molecule has 0 amide bonds. The topological polar surface area (TPSA) is 58.5 Å². The van der Waals surface area contributed by atoms with E-state index in [1.807, 2.05) is 51.4 Å². The predicted molar refractivity (Wildman–Crippen MR) is 103 cm³/mol. The van der Waals surface area contributed by atoms with E-state index in [1.165, 1.54) is 0 Å². The van der Waals surface area contributed by atoms with Crippen molar-refractivity contribution in [3.8, 4) is 23.0 Å². The number of hydrogen-bond donors (Lipinski definition) is 1. The smallest absolute Gasteiger partial charge is 0.217 e. The molecule has 2 aromatic carbocycles. The van der Waals surface area contributed by atoms with Gasteiger partial charge in [-0.2, -0.15) is 4.98 Å². The highest BCUT2D eigenvalue weighted by Crippen LogP contribution is 2.26. The molecule has 0 atom stereocenters. The van der Waals surface area contributed by atoms with E-state index < -0.39 is 0 Å². The summed E-state index contributed by atoms with van der Waals surface area (Å²) in [6.45, 7) is 3.35. The highest BCUT2D eigenvalue weighted by Gasteiger charge is 2.07. The fourth-order valence-corrected chi connectivity index (χ4v) is 2.45. The van der Waals surface area contributed by atoms with E-state index in [1.54, 1.807) is 12.1 Å². The first-order chi connectivity index (χ1) is 11.5. The summed E-state index contributed by atoms with van der Waals surface area (Å²) in [5.41, 5.74) is 1.79. The van der Waals surface area contributed by atoms with Gasteiger partial charge in [-0.25, -0.2) is 4.98 Å². The molecule has 0 bridgehead atoms. The number of fused-ring (bicyclic) bond motifs is 1. The molecule has 0 unspecified atom stereocenters. The monoisotopic (exact) mass is 359 g/mol. The maximum absolute atomic E-state index is 9.57. The second-order valence-corrected chi connectivity index (χ2v) is 6.07. The van der Waals surface area contributed by atoms with Crippen LogP contribution in [0.2, 0.25) is 0 Å². The molecule has 0 aliphatic rings. The zero-order valence-corrected chi connectivity index (χ0v) is 15.4. The van der Waals surface area contributed by atoms with Crippen molar-refractivity contribution in [3.05, 3.63) is 48.2 Å². The molecular weight excluding hydrogens is 338 g/mol. The fourth-order valence-electron chi connectivity index (χ4n) is 2.45. The van der Waals surface area contributed by atoms with Crippen LogP contribution in [0.1, 0.15) is 5.69 Å². The third-order valence-corrected chi connectivity index (χ3v) is 3.70. The largest absolute Gasteiger partial charge is 0.508 e. The molecule has 1 aromatic heterocycles. The summed E-state index contributed by atoms with van der Waals surface area (Å²) in [5, 5.41) is 11.6. The van der Waals surface area contributed by atoms with Crippen LogP contribution in [0, 0.1) is 6.92 Å². The van der Waals surface area contributed by atoms with Gasteiger partial charge in [-0.3, -0.25) is 0 Å². The van der Waals surface area contributed by atoms with Gasteiger partial charge in [0.15, 0.2) is 5.82 Å². The van der Waals surface area contributed by atoms with E-state index in [-0.39, 0.29) is 18.2 Å². The van der Waals surface area contributed by atoms with Crippen LogP contribution in [-0.4, -0.2) is 47.2 Å². The molecule has 1 N–H and O–H groups in total. The molecule has 0 saturated carbocycles. The zero-order chi connectivity index (χ0) is 17.1. The van der Waals surface area contributed by atoms with Crippen LogP contribution < -0.4 is 4.74 Å². The molecule has 3 rings (SSSR count). The molecule has 1 heterocycles. The van der Waals surface area contributed by atoms with E-state index in [4.69, 9.17) is 4.74 Å². The van der Waals surface area contributed by atoms with Crippen molar-refractivity contribution >= 4 is 23.2 Å². The number of aromatic hydroxyl groups is 1. The van der Waals surface area contributed by atoms with Gasteiger partial charge in [0, 0.05) is 23.9 Å². The second-order valence-electron chi connectivity index (χ2n) is 6.07. The van der Waals surface area contributed by atoms with Gasteiger partial charge < -0.3 is 14.7 Å². The molecule has 6 heteroatoms. The fraction of sp³-hybridized carbons (Fsp3) is 0.263. The van der Waals surface area contributed by atoms with Crippen LogP contribution in [0.3, 0.4) is 0 Å². The molecule has 132 valence electrons. The molecule has 5 nitrogen and oxygen atoms in total. The summed E-state index contributed by atoms with van der Waals surface area (Å²) in [4.78, 5) is 11.1. The number of halogens is 1. The van der Waals surface area contributed by atoms with E-state index in [2.05, 4.69) is 14.9 Å². The summed E-state index contributed by atoms with van der Waals surface area (Å²) in [7, 11) is 4.01. The minimum Gasteiger partial charge on any atom is -0.508 e. The molecule has 0 aliphatic heterocycles. The van der Waals surface area contributed by atoms with Gasteiger partial charge in [0.1, 0.15) is 12.4 Å². The highest BCUT2D eigenvalue weighted by atomic mass is 35.5. The van der Waals surface area contributed by atoms with Crippen LogP contribution in [0.25, 0.3) is 22.2 Å². The molecule has 0 aliphatic carbocycles. The quantitative estimate of drug-likeness (QED) is 0.753. The first-order valence-corrected chi connectivity index (χ1v) is 7.87. The Balaban J connectivity index is 0.00000225. The summed E-state index contributed by atoms with van der Waals surface area (Å²) in [6.07, 6.45) is 0. The van der Waals surface area contributed by atoms with Gasteiger partial charge in [0.2, 0.25) is 5.88 Å². The van der Waals surface area contributed by atoms with E-state index in [9.17, 15) is 5.11 Å². The zero-order valence-electron chi connectivity index (χ0n) is 14.6. The number of hydrogen-bond acceptors (Lipinski definition) is 5. The van der Waals surface area contributed by atoms with Crippen molar-refractivity contribution in [1.82, 2.24) is 14.9 Å². The normalized spacial score (nSPS) is 10.7. The Labute approximate surface area is 153 Å². The summed E-state index contributed by atoms with van der Waals surface area (Å²) >= 11 is 0. The SMILES string of the molecule is Cc1cc(OCCN(C)C)nc(-c2ccc3cc(O)ccc3c2)n1.Cl. The Morgan fingerprint density at radius 3 is 2.48 bits per heavy atom. The van der Waals surface area contributed by atoms with Crippen molar-refractivity contribution in [2.75, 3.05) is 27.2 Å². The second kappa shape index (κ2) is 8.14. The number of rotatable bonds is 5. The Kier molecular flexibility index (Phi) is 6.17. The van der Waals surface area contributed by atoms with E-state index >= 15 is 0 Å². The Morgan fingerprint density at radius 1 is 1.00 bits per heavy atom. The standard InChI is InChI=1S/C19H21N3O2.ClH/c1-13-10-18(24-9-8-22(2)3)21-19(20-13)16-5-4-15-12-17(23)7-6-14(15)11-16;/h4-7,10-12,23H,8-9H2,1-3H3;1H. The maximum atomic E-state index is 9.57. The van der Waals surface area contributed by atoms with Crippen molar-refractivity contribution in [2.45, 2.75) is 6.92 Å². The van der Waals surface area contributed by atoms with Gasteiger partial charge in [0.25, 0.3) is 0 Å². The van der Waals surface area contributed by atoms with Gasteiger partial charge in [-0.1, -0.05) is 18.2 Å². The maximum Gasteiger partial charge on any atom is 0.217 e. The lowest BCUT2D eigenvalue weighted by molar-refractivity contribution is 0.253. The number of benzene rings is 2. The van der Waals surface area contributed by atoms with Crippen molar-refractivity contribution < 1.29 is 9.84 Å². The molecule has 25 heavy (non-hydrogen) atoms. The van der Waals surface area contributed by atoms with Gasteiger partial charge in [0.05, 0.1) is 0 Å². The lowest BCUT2D eigenvalue weighted by Gasteiger charge is -2.11. The molecule has 0 radical (unpaired) electrons. The van der Waals surface area contributed by atoms with E-state index in [0.717, 1.165) is 28.6 Å². The number of aromatic nitrogens is 2. The first-order valence-electron chi connectivity index (χ1n) is 7.87. The lowest BCUT2D eigenvalue weighted by Crippen LogP contribution is -2.19. The third-order valence-electron chi connectivity index (χ3n) is 3.70. The van der Waals surface area contributed by atoms with Gasteiger partial charge in [-0.05, 0) is 50.0 Å². The summed E-state index contributed by atoms with van der Waals surface area (Å²) < 4.78 is 5.74. The van der Waals surface area contributed by atoms with Gasteiger partial charge >= 0.3 is 0 Å². The van der Waals surface area contributed by atoms with Gasteiger partial charge in [-0.15, -0.1) is 12.4 Å². The van der Waals surface area contributed by atoms with Crippen molar-refractivity contribution in [2.24, 2.45) is 0 Å². The van der Waals surface area contributed by atoms with Crippen molar-refractivity contribution in [1.29, 1.82) is 0 Å². The number of ether oxygens (including phenoxy) is 1. The van der Waals surface area contributed by atoms with Crippen LogP contribution in [0.5, 0.6) is 11.6 Å². The van der Waals surface area contributed by atoms with Crippen LogP contribution in [0.15, 0.2) is 42.5 Å². The Morgan fingerprint density at radius 2 is 1.72 bits per heavy atom. The van der Waals surface area contributed by atoms with E-state index in [0.29, 0.717) is 18.3 Å². The number of phenolic OH excluding ortho intramolecular Hbond substituents is 1. The van der Waals surface area contributed by atoms with Crippen LogP contribution in [-0.2, 0) is 0 Å². The average molecular weight is 360 g/mol. The van der Waals surface area contributed by atoms with Crippen molar-refractivity contribution in [3.63, 3.8) is 0 Å². The number of nitrogens with zero attached hydrogens (tertiary/aromatic N) is 3. The number of aryl methyl sites for hydroxylation is 1. The Hall–Kier alpha value is -2.37. The molecular formula is C19H22ClN3O2. The number of phenols is 1. The molecule has 3 aromatic rings. The third kappa shape index (κ3) is 4.81. The predicted octanol–water partition coefficient (Wildman–Crippen LogP) is 3.67. The van der Waals surface area contributed by atoms with Crippen LogP contribution in [0.4, 0.5) is 0 Å². The summed E-state index contributed by atoms with van der Waals surface area (Å²) in [6, 6.07) is 13.1. The molecule has 0 saturated heterocycles.